The molecule has 3 N–H and O–H groups in total. The zero-order chi connectivity index (χ0) is 20.0. The smallest absolute Gasteiger partial charge is 0.326 e. The lowest BCUT2D eigenvalue weighted by Crippen LogP contribution is -2.46. The fourth-order valence-electron chi connectivity index (χ4n) is 3.55. The lowest BCUT2D eigenvalue weighted by Gasteiger charge is -2.20. The van der Waals surface area contributed by atoms with Crippen LogP contribution in [0, 0.1) is 5.92 Å². The van der Waals surface area contributed by atoms with Crippen molar-refractivity contribution >= 4 is 17.8 Å². The summed E-state index contributed by atoms with van der Waals surface area (Å²) in [5.41, 5.74) is 1.28. The van der Waals surface area contributed by atoms with Crippen LogP contribution in [0.1, 0.15) is 74.3 Å². The molecule has 0 aliphatic heterocycles. The van der Waals surface area contributed by atoms with E-state index in [-0.39, 0.29) is 24.3 Å². The summed E-state index contributed by atoms with van der Waals surface area (Å²) in [6.07, 6.45) is 7.54. The molecular formula is C19H30N4O4. The second-order valence-electron chi connectivity index (χ2n) is 7.71. The molecule has 0 spiro atoms. The van der Waals surface area contributed by atoms with Crippen LogP contribution in [-0.4, -0.2) is 45.3 Å². The molecular weight excluding hydrogens is 348 g/mol. The van der Waals surface area contributed by atoms with Gasteiger partial charge in [0.15, 0.2) is 0 Å². The van der Waals surface area contributed by atoms with Gasteiger partial charge in [0.05, 0.1) is 17.8 Å². The normalized spacial score (nSPS) is 16.1. The Bertz CT molecular complexity index is 677. The summed E-state index contributed by atoms with van der Waals surface area (Å²) in [6, 6.07) is -0.953. The third-order valence-corrected chi connectivity index (χ3v) is 4.84. The molecule has 1 aliphatic carbocycles. The first kappa shape index (κ1) is 20.9. The van der Waals surface area contributed by atoms with Crippen LogP contribution in [0.15, 0.2) is 6.20 Å². The van der Waals surface area contributed by atoms with Crippen LogP contribution < -0.4 is 10.6 Å². The highest BCUT2D eigenvalue weighted by Crippen LogP contribution is 2.33. The van der Waals surface area contributed by atoms with Gasteiger partial charge in [-0.25, -0.2) is 4.79 Å². The molecule has 0 aromatic carbocycles. The van der Waals surface area contributed by atoms with E-state index in [1.54, 1.807) is 17.9 Å². The number of amides is 2. The van der Waals surface area contributed by atoms with Gasteiger partial charge in [-0.15, -0.1) is 0 Å². The summed E-state index contributed by atoms with van der Waals surface area (Å²) < 4.78 is 1.63. The molecule has 0 bridgehead atoms. The second-order valence-corrected chi connectivity index (χ2v) is 7.71. The summed E-state index contributed by atoms with van der Waals surface area (Å²) in [5.74, 6) is -1.53. The molecule has 27 heavy (non-hydrogen) atoms. The zero-order valence-corrected chi connectivity index (χ0v) is 16.3. The number of carbonyl (C=O) groups is 3. The van der Waals surface area contributed by atoms with E-state index in [2.05, 4.69) is 15.7 Å². The van der Waals surface area contributed by atoms with Crippen molar-refractivity contribution in [3.63, 3.8) is 0 Å². The predicted molar refractivity (Wildman–Crippen MR) is 100 cm³/mol. The molecule has 2 amide bonds. The molecule has 2 rings (SSSR count). The Balaban J connectivity index is 1.95. The van der Waals surface area contributed by atoms with Gasteiger partial charge in [-0.05, 0) is 25.2 Å². The first-order valence-electron chi connectivity index (χ1n) is 9.61. The van der Waals surface area contributed by atoms with Crippen LogP contribution in [0.4, 0.5) is 0 Å². The van der Waals surface area contributed by atoms with Crippen LogP contribution >= 0.6 is 0 Å². The Hall–Kier alpha value is -2.38. The number of aryl methyl sites for hydroxylation is 1. The minimum atomic E-state index is -1.07. The summed E-state index contributed by atoms with van der Waals surface area (Å²) in [5, 5.41) is 18.7. The van der Waals surface area contributed by atoms with Gasteiger partial charge in [-0.1, -0.05) is 33.1 Å². The molecule has 1 aliphatic rings. The van der Waals surface area contributed by atoms with E-state index in [9.17, 15) is 19.5 Å². The highest BCUT2D eigenvalue weighted by Gasteiger charge is 2.26. The van der Waals surface area contributed by atoms with Crippen molar-refractivity contribution in [2.75, 3.05) is 6.54 Å². The van der Waals surface area contributed by atoms with Crippen molar-refractivity contribution in [3.05, 3.63) is 17.5 Å². The fourth-order valence-corrected chi connectivity index (χ4v) is 3.55. The Morgan fingerprint density at radius 3 is 2.52 bits per heavy atom. The third-order valence-electron chi connectivity index (χ3n) is 4.84. The van der Waals surface area contributed by atoms with E-state index < -0.39 is 17.9 Å². The van der Waals surface area contributed by atoms with Crippen molar-refractivity contribution < 1.29 is 19.5 Å². The molecule has 1 aromatic heterocycles. The van der Waals surface area contributed by atoms with E-state index in [1.807, 2.05) is 13.8 Å². The van der Waals surface area contributed by atoms with E-state index in [4.69, 9.17) is 0 Å². The van der Waals surface area contributed by atoms with Gasteiger partial charge in [0.1, 0.15) is 6.04 Å². The number of carboxylic acid groups (broad SMARTS) is 1. The SMILES string of the molecule is CC(C)C[C@H](NC(=O)CNC(=O)c1cn(C)nc1C1CCCCC1)C(=O)O. The maximum absolute atomic E-state index is 12.6. The number of carbonyl (C=O) groups excluding carboxylic acids is 2. The van der Waals surface area contributed by atoms with E-state index >= 15 is 0 Å². The molecule has 1 saturated carbocycles. The zero-order valence-electron chi connectivity index (χ0n) is 16.3. The summed E-state index contributed by atoms with van der Waals surface area (Å²) in [4.78, 5) is 35.9. The van der Waals surface area contributed by atoms with Gasteiger partial charge in [0.2, 0.25) is 5.91 Å². The van der Waals surface area contributed by atoms with Crippen molar-refractivity contribution in [2.24, 2.45) is 13.0 Å². The molecule has 0 unspecified atom stereocenters. The third kappa shape index (κ3) is 6.08. The highest BCUT2D eigenvalue weighted by molar-refractivity contribution is 5.97. The molecule has 1 atom stereocenters. The summed E-state index contributed by atoms with van der Waals surface area (Å²) in [7, 11) is 1.78. The number of aliphatic carboxylic acids is 1. The Morgan fingerprint density at radius 2 is 1.93 bits per heavy atom. The van der Waals surface area contributed by atoms with Crippen LogP contribution in [0.25, 0.3) is 0 Å². The van der Waals surface area contributed by atoms with Gasteiger partial charge in [-0.2, -0.15) is 5.10 Å². The van der Waals surface area contributed by atoms with Crippen LogP contribution in [0.5, 0.6) is 0 Å². The topological polar surface area (TPSA) is 113 Å². The number of carboxylic acids is 1. The Kier molecular flexibility index (Phi) is 7.38. The van der Waals surface area contributed by atoms with Crippen molar-refractivity contribution in [3.8, 4) is 0 Å². The first-order valence-corrected chi connectivity index (χ1v) is 9.61. The monoisotopic (exact) mass is 378 g/mol. The van der Waals surface area contributed by atoms with Crippen LogP contribution in [0.3, 0.4) is 0 Å². The number of rotatable bonds is 8. The minimum absolute atomic E-state index is 0.134. The first-order chi connectivity index (χ1) is 12.8. The van der Waals surface area contributed by atoms with Crippen molar-refractivity contribution in [1.82, 2.24) is 20.4 Å². The molecule has 0 radical (unpaired) electrons. The quantitative estimate of drug-likeness (QED) is 0.638. The Morgan fingerprint density at radius 1 is 1.26 bits per heavy atom. The molecule has 1 fully saturated rings. The molecule has 150 valence electrons. The predicted octanol–water partition coefficient (Wildman–Crippen LogP) is 1.81. The molecule has 0 saturated heterocycles. The van der Waals surface area contributed by atoms with E-state index in [0.29, 0.717) is 12.0 Å². The molecule has 8 nitrogen and oxygen atoms in total. The number of hydrogen-bond acceptors (Lipinski definition) is 4. The summed E-state index contributed by atoms with van der Waals surface area (Å²) in [6.45, 7) is 3.51. The lowest BCUT2D eigenvalue weighted by molar-refractivity contribution is -0.142. The van der Waals surface area contributed by atoms with Gasteiger partial charge in [-0.3, -0.25) is 14.3 Å². The average molecular weight is 378 g/mol. The average Bonchev–Trinajstić information content (AvgIpc) is 3.01. The molecule has 8 heteroatoms. The molecule has 1 heterocycles. The van der Waals surface area contributed by atoms with Crippen molar-refractivity contribution in [2.45, 2.75) is 64.3 Å². The maximum atomic E-state index is 12.6. The van der Waals surface area contributed by atoms with Crippen LogP contribution in [0.2, 0.25) is 0 Å². The van der Waals surface area contributed by atoms with E-state index in [0.717, 1.165) is 31.4 Å². The number of hydrogen-bond donors (Lipinski definition) is 3. The van der Waals surface area contributed by atoms with Gasteiger partial charge in [0.25, 0.3) is 5.91 Å². The molecule has 1 aromatic rings. The van der Waals surface area contributed by atoms with Crippen molar-refractivity contribution in [1.29, 1.82) is 0 Å². The van der Waals surface area contributed by atoms with Gasteiger partial charge < -0.3 is 15.7 Å². The standard InChI is InChI=1S/C19H30N4O4/c1-12(2)9-15(19(26)27)21-16(24)10-20-18(25)14-11-23(3)22-17(14)13-7-5-4-6-8-13/h11-13,15H,4-10H2,1-3H3,(H,20,25)(H,21,24)(H,26,27)/t15-/m0/s1. The maximum Gasteiger partial charge on any atom is 0.326 e. The van der Waals surface area contributed by atoms with Gasteiger partial charge >= 0.3 is 5.97 Å². The summed E-state index contributed by atoms with van der Waals surface area (Å²) >= 11 is 0. The Labute approximate surface area is 159 Å². The number of nitrogens with zero attached hydrogens (tertiary/aromatic N) is 2. The lowest BCUT2D eigenvalue weighted by atomic mass is 9.85. The second kappa shape index (κ2) is 9.53. The van der Waals surface area contributed by atoms with Crippen LogP contribution in [-0.2, 0) is 16.6 Å². The van der Waals surface area contributed by atoms with E-state index in [1.165, 1.54) is 6.42 Å². The number of aromatic nitrogens is 2. The van der Waals surface area contributed by atoms with Gasteiger partial charge in [0, 0.05) is 19.2 Å². The largest absolute Gasteiger partial charge is 0.480 e. The minimum Gasteiger partial charge on any atom is -0.480 e. The fraction of sp³-hybridized carbons (Fsp3) is 0.684. The number of nitrogens with one attached hydrogen (secondary N) is 2. The highest BCUT2D eigenvalue weighted by atomic mass is 16.4.